The van der Waals surface area contributed by atoms with Crippen molar-refractivity contribution in [2.24, 2.45) is 0 Å². The third kappa shape index (κ3) is 3.54. The summed E-state index contributed by atoms with van der Waals surface area (Å²) >= 11 is 5.86. The van der Waals surface area contributed by atoms with E-state index in [-0.39, 0.29) is 34.2 Å². The summed E-state index contributed by atoms with van der Waals surface area (Å²) in [6.45, 7) is 0. The van der Waals surface area contributed by atoms with Crippen LogP contribution in [-0.4, -0.2) is 34.2 Å². The number of anilines is 1. The molecule has 2 aromatic heterocycles. The van der Waals surface area contributed by atoms with E-state index < -0.39 is 11.7 Å². The average Bonchev–Trinajstić information content (AvgIpc) is 2.54. The maximum atomic E-state index is 13.1. The minimum Gasteiger partial charge on any atom is -0.381 e. The van der Waals surface area contributed by atoms with Crippen LogP contribution in [0, 0.1) is 0 Å². The number of nitrogens with zero attached hydrogens (tertiary/aromatic N) is 3. The van der Waals surface area contributed by atoms with Crippen molar-refractivity contribution < 1.29 is 17.9 Å². The molecule has 2 aromatic rings. The highest BCUT2D eigenvalue weighted by Gasteiger charge is 2.34. The standard InChI is InChI=1S/C15H16ClF3N4O/c1-24-9-4-2-8(3-5-9)22-14-21-6-10-12(23-14)11(15(17,18)19)7-20-13(10)16/h6-9H,2-5H2,1H3,(H,21,22,23)/t8-,9+. The van der Waals surface area contributed by atoms with E-state index in [1.807, 2.05) is 0 Å². The number of methoxy groups -OCH3 is 1. The predicted molar refractivity (Wildman–Crippen MR) is 84.0 cm³/mol. The molecule has 0 aliphatic heterocycles. The molecule has 5 nitrogen and oxygen atoms in total. The van der Waals surface area contributed by atoms with Gasteiger partial charge in [0.2, 0.25) is 5.95 Å². The van der Waals surface area contributed by atoms with Crippen LogP contribution in [0.4, 0.5) is 19.1 Å². The predicted octanol–water partition coefficient (Wildman–Crippen LogP) is 4.07. The molecule has 1 fully saturated rings. The largest absolute Gasteiger partial charge is 0.419 e. The van der Waals surface area contributed by atoms with Gasteiger partial charge in [0.25, 0.3) is 0 Å². The minimum absolute atomic E-state index is 0.0508. The maximum absolute atomic E-state index is 13.1. The quantitative estimate of drug-likeness (QED) is 0.836. The Morgan fingerprint density at radius 3 is 2.50 bits per heavy atom. The fraction of sp³-hybridized carbons (Fsp3) is 0.533. The molecule has 0 atom stereocenters. The molecule has 24 heavy (non-hydrogen) atoms. The number of pyridine rings is 1. The van der Waals surface area contributed by atoms with E-state index in [1.54, 1.807) is 7.11 Å². The van der Waals surface area contributed by atoms with Crippen molar-refractivity contribution in [3.63, 3.8) is 0 Å². The van der Waals surface area contributed by atoms with E-state index in [9.17, 15) is 13.2 Å². The minimum atomic E-state index is -4.56. The van der Waals surface area contributed by atoms with Crippen molar-refractivity contribution >= 4 is 28.5 Å². The number of fused-ring (bicyclic) bond motifs is 1. The zero-order chi connectivity index (χ0) is 17.3. The zero-order valence-electron chi connectivity index (χ0n) is 12.9. The third-order valence-electron chi connectivity index (χ3n) is 4.22. The SMILES string of the molecule is CO[C@H]1CC[C@@H](Nc2ncc3c(Cl)ncc(C(F)(F)F)c3n2)CC1. The molecule has 0 aromatic carbocycles. The van der Waals surface area contributed by atoms with Gasteiger partial charge in [0.15, 0.2) is 0 Å². The summed E-state index contributed by atoms with van der Waals surface area (Å²) in [4.78, 5) is 11.7. The van der Waals surface area contributed by atoms with Crippen molar-refractivity contribution in [3.8, 4) is 0 Å². The summed E-state index contributed by atoms with van der Waals surface area (Å²) in [6.07, 6.45) is 1.14. The van der Waals surface area contributed by atoms with E-state index in [0.717, 1.165) is 25.7 Å². The first kappa shape index (κ1) is 17.2. The van der Waals surface area contributed by atoms with Crippen molar-refractivity contribution in [2.45, 2.75) is 44.0 Å². The van der Waals surface area contributed by atoms with Gasteiger partial charge in [-0.25, -0.2) is 15.0 Å². The lowest BCUT2D eigenvalue weighted by atomic mass is 9.93. The molecule has 3 rings (SSSR count). The van der Waals surface area contributed by atoms with Gasteiger partial charge in [-0.05, 0) is 25.7 Å². The molecule has 0 saturated heterocycles. The van der Waals surface area contributed by atoms with E-state index in [2.05, 4.69) is 20.3 Å². The lowest BCUT2D eigenvalue weighted by molar-refractivity contribution is -0.136. The highest BCUT2D eigenvalue weighted by Crippen LogP contribution is 2.35. The van der Waals surface area contributed by atoms with Crippen LogP contribution in [0.3, 0.4) is 0 Å². The van der Waals surface area contributed by atoms with Crippen LogP contribution < -0.4 is 5.32 Å². The molecule has 9 heteroatoms. The van der Waals surface area contributed by atoms with Crippen molar-refractivity contribution in [3.05, 3.63) is 23.1 Å². The Bertz CT molecular complexity index is 732. The lowest BCUT2D eigenvalue weighted by Crippen LogP contribution is -2.29. The second-order valence-corrected chi connectivity index (χ2v) is 6.13. The molecule has 1 aliphatic carbocycles. The van der Waals surface area contributed by atoms with Gasteiger partial charge in [0, 0.05) is 25.5 Å². The number of aromatic nitrogens is 3. The molecule has 1 aliphatic rings. The number of rotatable bonds is 3. The monoisotopic (exact) mass is 360 g/mol. The van der Waals surface area contributed by atoms with Crippen LogP contribution in [0.1, 0.15) is 31.2 Å². The van der Waals surface area contributed by atoms with Gasteiger partial charge in [0.05, 0.1) is 17.0 Å². The zero-order valence-corrected chi connectivity index (χ0v) is 13.7. The highest BCUT2D eigenvalue weighted by atomic mass is 35.5. The Balaban J connectivity index is 1.88. The average molecular weight is 361 g/mol. The Morgan fingerprint density at radius 1 is 1.17 bits per heavy atom. The van der Waals surface area contributed by atoms with Crippen LogP contribution in [0.5, 0.6) is 0 Å². The van der Waals surface area contributed by atoms with E-state index in [0.29, 0.717) is 6.20 Å². The molecule has 0 unspecified atom stereocenters. The second kappa shape index (κ2) is 6.68. The molecular weight excluding hydrogens is 345 g/mol. The second-order valence-electron chi connectivity index (χ2n) is 5.77. The van der Waals surface area contributed by atoms with Crippen molar-refractivity contribution in [1.29, 1.82) is 0 Å². The summed E-state index contributed by atoms with van der Waals surface area (Å²) < 4.78 is 44.7. The van der Waals surface area contributed by atoms with Gasteiger partial charge in [0.1, 0.15) is 10.7 Å². The molecule has 0 spiro atoms. The van der Waals surface area contributed by atoms with E-state index in [1.165, 1.54) is 6.20 Å². The fourth-order valence-electron chi connectivity index (χ4n) is 2.89. The van der Waals surface area contributed by atoms with E-state index in [4.69, 9.17) is 16.3 Å². The van der Waals surface area contributed by atoms with Crippen LogP contribution in [0.15, 0.2) is 12.4 Å². The summed E-state index contributed by atoms with van der Waals surface area (Å²) in [5.74, 6) is 0.163. The van der Waals surface area contributed by atoms with Gasteiger partial charge in [-0.15, -0.1) is 0 Å². The molecule has 1 N–H and O–H groups in total. The first-order valence-corrected chi connectivity index (χ1v) is 7.94. The van der Waals surface area contributed by atoms with Crippen LogP contribution in [0.25, 0.3) is 10.9 Å². The summed E-state index contributed by atoms with van der Waals surface area (Å²) in [6, 6.07) is 0.112. The Labute approximate surface area is 141 Å². The third-order valence-corrected chi connectivity index (χ3v) is 4.52. The number of ether oxygens (including phenoxy) is 1. The van der Waals surface area contributed by atoms with Crippen molar-refractivity contribution in [1.82, 2.24) is 15.0 Å². The first-order chi connectivity index (χ1) is 11.4. The lowest BCUT2D eigenvalue weighted by Gasteiger charge is -2.28. The Hall–Kier alpha value is -1.67. The topological polar surface area (TPSA) is 59.9 Å². The van der Waals surface area contributed by atoms with Gasteiger partial charge >= 0.3 is 6.18 Å². The number of hydrogen-bond donors (Lipinski definition) is 1. The van der Waals surface area contributed by atoms with Gasteiger partial charge in [-0.3, -0.25) is 0 Å². The molecule has 0 radical (unpaired) electrons. The van der Waals surface area contributed by atoms with Gasteiger partial charge < -0.3 is 10.1 Å². The molecule has 0 bridgehead atoms. The van der Waals surface area contributed by atoms with Crippen LogP contribution in [0.2, 0.25) is 5.15 Å². The van der Waals surface area contributed by atoms with Crippen LogP contribution >= 0.6 is 11.6 Å². The number of halogens is 4. The molecule has 2 heterocycles. The molecular formula is C15H16ClF3N4O. The summed E-state index contributed by atoms with van der Waals surface area (Å²) in [5.41, 5.74) is -1.17. The maximum Gasteiger partial charge on any atom is 0.419 e. The number of hydrogen-bond acceptors (Lipinski definition) is 5. The normalized spacial score (nSPS) is 21.9. The van der Waals surface area contributed by atoms with Crippen molar-refractivity contribution in [2.75, 3.05) is 12.4 Å². The highest BCUT2D eigenvalue weighted by molar-refractivity contribution is 6.34. The number of alkyl halides is 3. The van der Waals surface area contributed by atoms with E-state index >= 15 is 0 Å². The Kier molecular flexibility index (Phi) is 4.78. The summed E-state index contributed by atoms with van der Waals surface area (Å²) in [5, 5.41) is 3.14. The van der Waals surface area contributed by atoms with Gasteiger partial charge in [-0.1, -0.05) is 11.6 Å². The molecule has 130 valence electrons. The Morgan fingerprint density at radius 2 is 1.88 bits per heavy atom. The summed E-state index contributed by atoms with van der Waals surface area (Å²) in [7, 11) is 1.68. The van der Waals surface area contributed by atoms with Crippen LogP contribution in [-0.2, 0) is 10.9 Å². The molecule has 1 saturated carbocycles. The number of nitrogens with one attached hydrogen (secondary N) is 1. The molecule has 0 amide bonds. The first-order valence-electron chi connectivity index (χ1n) is 7.56. The smallest absolute Gasteiger partial charge is 0.381 e. The fourth-order valence-corrected chi connectivity index (χ4v) is 3.08. The van der Waals surface area contributed by atoms with Gasteiger partial charge in [-0.2, -0.15) is 13.2 Å².